The standard InChI is InChI=1S/C10H8Cl2FNO5S/c1-6(4-11)5-19-9-2-7(13)10(20(12,17)18)3-8(9)14(15)16/h2-4H,5H2,1H3/b6-4-. The van der Waals surface area contributed by atoms with Gasteiger partial charge in [0.1, 0.15) is 17.3 Å². The van der Waals surface area contributed by atoms with E-state index in [1.165, 1.54) is 5.54 Å². The van der Waals surface area contributed by atoms with E-state index in [2.05, 4.69) is 0 Å². The minimum Gasteiger partial charge on any atom is -0.482 e. The molecule has 0 spiro atoms. The summed E-state index contributed by atoms with van der Waals surface area (Å²) in [6.45, 7) is 1.48. The lowest BCUT2D eigenvalue weighted by Gasteiger charge is -2.08. The number of hydrogen-bond acceptors (Lipinski definition) is 5. The highest BCUT2D eigenvalue weighted by Gasteiger charge is 2.25. The highest BCUT2D eigenvalue weighted by atomic mass is 35.7. The number of nitro groups is 1. The smallest absolute Gasteiger partial charge is 0.312 e. The lowest BCUT2D eigenvalue weighted by Crippen LogP contribution is -2.04. The van der Waals surface area contributed by atoms with Gasteiger partial charge >= 0.3 is 5.69 Å². The fraction of sp³-hybridized carbons (Fsp3) is 0.200. The molecule has 0 unspecified atom stereocenters. The quantitative estimate of drug-likeness (QED) is 0.465. The van der Waals surface area contributed by atoms with E-state index in [0.717, 1.165) is 0 Å². The highest BCUT2D eigenvalue weighted by molar-refractivity contribution is 8.13. The van der Waals surface area contributed by atoms with E-state index in [-0.39, 0.29) is 6.61 Å². The first-order valence-electron chi connectivity index (χ1n) is 4.98. The predicted molar refractivity (Wildman–Crippen MR) is 71.2 cm³/mol. The third-order valence-corrected chi connectivity index (χ3v) is 3.82. The van der Waals surface area contributed by atoms with Crippen LogP contribution in [0.15, 0.2) is 28.1 Å². The summed E-state index contributed by atoms with van der Waals surface area (Å²) in [5.41, 5.74) is 1.02. The number of nitrogens with zero attached hydrogens (tertiary/aromatic N) is 1. The van der Waals surface area contributed by atoms with Crippen LogP contribution in [0, 0.1) is 15.9 Å². The molecule has 110 valence electrons. The van der Waals surface area contributed by atoms with Crippen molar-refractivity contribution in [3.8, 4) is 5.75 Å². The van der Waals surface area contributed by atoms with Crippen molar-refractivity contribution in [2.24, 2.45) is 0 Å². The van der Waals surface area contributed by atoms with Crippen LogP contribution < -0.4 is 4.74 Å². The lowest BCUT2D eigenvalue weighted by molar-refractivity contribution is -0.386. The summed E-state index contributed by atoms with van der Waals surface area (Å²) in [4.78, 5) is 8.96. The molecule has 0 aliphatic heterocycles. The number of ether oxygens (including phenoxy) is 1. The Morgan fingerprint density at radius 1 is 1.55 bits per heavy atom. The molecule has 0 fully saturated rings. The Bertz CT molecular complexity index is 674. The minimum atomic E-state index is -4.44. The van der Waals surface area contributed by atoms with E-state index in [9.17, 15) is 22.9 Å². The van der Waals surface area contributed by atoms with Crippen LogP contribution in [-0.4, -0.2) is 19.9 Å². The fourth-order valence-corrected chi connectivity index (χ4v) is 2.15. The van der Waals surface area contributed by atoms with E-state index in [0.29, 0.717) is 17.7 Å². The van der Waals surface area contributed by atoms with Gasteiger partial charge in [-0.3, -0.25) is 10.1 Å². The fourth-order valence-electron chi connectivity index (χ4n) is 1.19. The van der Waals surface area contributed by atoms with Gasteiger partial charge in [0.15, 0.2) is 5.75 Å². The molecule has 1 aromatic rings. The topological polar surface area (TPSA) is 86.5 Å². The van der Waals surface area contributed by atoms with Gasteiger partial charge in [-0.1, -0.05) is 11.6 Å². The maximum atomic E-state index is 13.6. The molecule has 6 nitrogen and oxygen atoms in total. The second-order valence-electron chi connectivity index (χ2n) is 3.69. The van der Waals surface area contributed by atoms with Gasteiger partial charge in [0.2, 0.25) is 0 Å². The average Bonchev–Trinajstić information content (AvgIpc) is 2.33. The molecule has 0 aliphatic carbocycles. The van der Waals surface area contributed by atoms with Crippen LogP contribution in [0.3, 0.4) is 0 Å². The Morgan fingerprint density at radius 3 is 2.60 bits per heavy atom. The van der Waals surface area contributed by atoms with Crippen molar-refractivity contribution in [1.29, 1.82) is 0 Å². The van der Waals surface area contributed by atoms with Gasteiger partial charge in [-0.2, -0.15) is 0 Å². The van der Waals surface area contributed by atoms with Crippen LogP contribution in [0.2, 0.25) is 0 Å². The summed E-state index contributed by atoms with van der Waals surface area (Å²) in [6.07, 6.45) is 0. The van der Waals surface area contributed by atoms with Gasteiger partial charge in [0, 0.05) is 28.4 Å². The Morgan fingerprint density at radius 2 is 2.15 bits per heavy atom. The Labute approximate surface area is 123 Å². The van der Waals surface area contributed by atoms with E-state index >= 15 is 0 Å². The number of hydrogen-bond donors (Lipinski definition) is 0. The van der Waals surface area contributed by atoms with Crippen LogP contribution in [0.4, 0.5) is 10.1 Å². The molecule has 0 N–H and O–H groups in total. The molecule has 0 saturated carbocycles. The second-order valence-corrected chi connectivity index (χ2v) is 6.44. The Kier molecular flexibility index (Phi) is 5.32. The molecular weight excluding hydrogens is 336 g/mol. The zero-order chi connectivity index (χ0) is 15.5. The zero-order valence-electron chi connectivity index (χ0n) is 9.97. The van der Waals surface area contributed by atoms with Gasteiger partial charge in [-0.15, -0.1) is 0 Å². The molecule has 0 bridgehead atoms. The molecular formula is C10H8Cl2FNO5S. The maximum absolute atomic E-state index is 13.6. The molecule has 0 saturated heterocycles. The molecule has 0 heterocycles. The molecule has 0 amide bonds. The summed E-state index contributed by atoms with van der Waals surface area (Å²) >= 11 is 5.39. The Balaban J connectivity index is 3.32. The highest BCUT2D eigenvalue weighted by Crippen LogP contribution is 2.33. The van der Waals surface area contributed by atoms with Crippen LogP contribution in [0.1, 0.15) is 6.92 Å². The third kappa shape index (κ3) is 4.06. The van der Waals surface area contributed by atoms with Crippen LogP contribution >= 0.6 is 22.3 Å². The number of benzene rings is 1. The third-order valence-electron chi connectivity index (χ3n) is 2.11. The SMILES string of the molecule is C/C(=C/Cl)COc1cc(F)c(S(=O)(=O)Cl)cc1[N+](=O)[O-]. The lowest BCUT2D eigenvalue weighted by atomic mass is 10.3. The molecule has 1 aromatic carbocycles. The molecule has 0 atom stereocenters. The summed E-state index contributed by atoms with van der Waals surface area (Å²) in [5, 5.41) is 10.9. The summed E-state index contributed by atoms with van der Waals surface area (Å²) in [5.74, 6) is -1.66. The minimum absolute atomic E-state index is 0.114. The van der Waals surface area contributed by atoms with Gasteiger partial charge in [0.25, 0.3) is 9.05 Å². The van der Waals surface area contributed by atoms with Gasteiger partial charge in [0.05, 0.1) is 4.92 Å². The van der Waals surface area contributed by atoms with Crippen molar-refractivity contribution in [2.75, 3.05) is 6.61 Å². The monoisotopic (exact) mass is 343 g/mol. The summed E-state index contributed by atoms with van der Waals surface area (Å²) in [7, 11) is 0.548. The largest absolute Gasteiger partial charge is 0.482 e. The van der Waals surface area contributed by atoms with E-state index in [4.69, 9.17) is 27.0 Å². The van der Waals surface area contributed by atoms with Crippen LogP contribution in [-0.2, 0) is 9.05 Å². The van der Waals surface area contributed by atoms with Gasteiger partial charge in [-0.25, -0.2) is 12.8 Å². The average molecular weight is 344 g/mol. The molecule has 0 radical (unpaired) electrons. The van der Waals surface area contributed by atoms with E-state index in [1.54, 1.807) is 6.92 Å². The van der Waals surface area contributed by atoms with Crippen molar-refractivity contribution in [3.05, 3.63) is 39.2 Å². The first-order valence-corrected chi connectivity index (χ1v) is 7.72. The van der Waals surface area contributed by atoms with Crippen LogP contribution in [0.25, 0.3) is 0 Å². The van der Waals surface area contributed by atoms with Crippen LogP contribution in [0.5, 0.6) is 5.75 Å². The van der Waals surface area contributed by atoms with Crippen molar-refractivity contribution in [2.45, 2.75) is 11.8 Å². The predicted octanol–water partition coefficient (Wildman–Crippen LogP) is 3.18. The Hall–Kier alpha value is -1.38. The first kappa shape index (κ1) is 16.7. The molecule has 10 heteroatoms. The second kappa shape index (κ2) is 6.38. The molecule has 20 heavy (non-hydrogen) atoms. The molecule has 0 aromatic heterocycles. The van der Waals surface area contributed by atoms with Crippen molar-refractivity contribution < 1.29 is 22.5 Å². The number of nitro benzene ring substituents is 1. The number of rotatable bonds is 5. The zero-order valence-corrected chi connectivity index (χ0v) is 12.3. The first-order chi connectivity index (χ1) is 9.16. The van der Waals surface area contributed by atoms with E-state index in [1.807, 2.05) is 0 Å². The summed E-state index contributed by atoms with van der Waals surface area (Å²) < 4.78 is 40.8. The maximum Gasteiger partial charge on any atom is 0.312 e. The number of halogens is 3. The molecule has 1 rings (SSSR count). The van der Waals surface area contributed by atoms with Crippen molar-refractivity contribution >= 4 is 37.0 Å². The van der Waals surface area contributed by atoms with Gasteiger partial charge < -0.3 is 4.74 Å². The van der Waals surface area contributed by atoms with Gasteiger partial charge in [-0.05, 0) is 12.5 Å². The summed E-state index contributed by atoms with van der Waals surface area (Å²) in [6, 6.07) is 1.10. The molecule has 0 aliphatic rings. The van der Waals surface area contributed by atoms with Crippen molar-refractivity contribution in [3.63, 3.8) is 0 Å². The van der Waals surface area contributed by atoms with Crippen molar-refractivity contribution in [1.82, 2.24) is 0 Å². The normalized spacial score (nSPS) is 12.3. The van der Waals surface area contributed by atoms with E-state index < -0.39 is 36.1 Å².